The van der Waals surface area contributed by atoms with Gasteiger partial charge in [0, 0.05) is 0 Å². The molecule has 164 valence electrons. The Morgan fingerprint density at radius 1 is 0.750 bits per heavy atom. The molecular formula is C26H25BrNO3P. The number of likely N-dealkylation sites (tertiary alicyclic amines) is 1. The van der Waals surface area contributed by atoms with Gasteiger partial charge in [-0.3, -0.25) is 0 Å². The number of halogens is 1. The number of esters is 1. The van der Waals surface area contributed by atoms with Crippen molar-refractivity contribution < 1.29 is 14.3 Å². The number of rotatable bonds is 5. The van der Waals surface area contributed by atoms with Crippen LogP contribution in [0.1, 0.15) is 12.8 Å². The van der Waals surface area contributed by atoms with Crippen LogP contribution in [-0.2, 0) is 14.3 Å². The van der Waals surface area contributed by atoms with Crippen LogP contribution in [0.4, 0.5) is 0 Å². The summed E-state index contributed by atoms with van der Waals surface area (Å²) < 4.78 is 5.19. The number of nitrogens with zero attached hydrogens (tertiary/aromatic N) is 1. The first-order valence-electron chi connectivity index (χ1n) is 10.9. The molecule has 2 saturated heterocycles. The van der Waals surface area contributed by atoms with E-state index in [9.17, 15) is 9.59 Å². The van der Waals surface area contributed by atoms with E-state index in [1.54, 1.807) is 4.90 Å². The predicted octanol–water partition coefficient (Wildman–Crippen LogP) is 3.74. The van der Waals surface area contributed by atoms with Gasteiger partial charge in [0.1, 0.15) is 0 Å². The number of carbonyl (C=O) groups excluding carboxylic acids is 2. The second-order valence-electron chi connectivity index (χ2n) is 8.39. The van der Waals surface area contributed by atoms with Gasteiger partial charge < -0.3 is 0 Å². The SMILES string of the molecule is O=C1OCCC1N1CCC(P(Br)(c2ccccc2)(c2ccccc2)c2ccccc2)C1=O. The summed E-state index contributed by atoms with van der Waals surface area (Å²) >= 11 is 4.40. The van der Waals surface area contributed by atoms with Crippen LogP contribution < -0.4 is 15.9 Å². The number of cyclic esters (lactones) is 1. The molecule has 1 amide bonds. The normalized spacial score (nSPS) is 22.4. The summed E-state index contributed by atoms with van der Waals surface area (Å²) in [6.07, 6.45) is 1.24. The minimum absolute atomic E-state index is 0.0277. The van der Waals surface area contributed by atoms with Gasteiger partial charge in [-0.2, -0.15) is 0 Å². The monoisotopic (exact) mass is 509 g/mol. The van der Waals surface area contributed by atoms with E-state index in [4.69, 9.17) is 4.74 Å². The van der Waals surface area contributed by atoms with E-state index in [0.29, 0.717) is 26.0 Å². The van der Waals surface area contributed by atoms with Crippen molar-refractivity contribution in [2.24, 2.45) is 0 Å². The summed E-state index contributed by atoms with van der Waals surface area (Å²) in [6.45, 7) is 0.936. The van der Waals surface area contributed by atoms with Crippen LogP contribution in [-0.4, -0.2) is 41.6 Å². The summed E-state index contributed by atoms with van der Waals surface area (Å²) in [5.74, 6) is -0.257. The van der Waals surface area contributed by atoms with E-state index in [1.165, 1.54) is 0 Å². The van der Waals surface area contributed by atoms with Gasteiger partial charge in [0.15, 0.2) is 0 Å². The van der Waals surface area contributed by atoms with Gasteiger partial charge in [-0.1, -0.05) is 0 Å². The Labute approximate surface area is 196 Å². The zero-order chi connectivity index (χ0) is 22.2. The molecule has 2 aliphatic heterocycles. The zero-order valence-corrected chi connectivity index (χ0v) is 20.1. The van der Waals surface area contributed by atoms with Gasteiger partial charge in [-0.15, -0.1) is 0 Å². The van der Waals surface area contributed by atoms with E-state index < -0.39 is 11.3 Å². The molecule has 0 bridgehead atoms. The molecule has 2 fully saturated rings. The van der Waals surface area contributed by atoms with E-state index in [0.717, 1.165) is 15.9 Å². The number of hydrogen-bond donors (Lipinski definition) is 0. The molecule has 0 N–H and O–H groups in total. The molecule has 0 aliphatic carbocycles. The van der Waals surface area contributed by atoms with Gasteiger partial charge in [-0.05, 0) is 0 Å². The predicted molar refractivity (Wildman–Crippen MR) is 134 cm³/mol. The second kappa shape index (κ2) is 8.13. The third-order valence-corrected chi connectivity index (χ3v) is 17.6. The molecular weight excluding hydrogens is 485 g/mol. The van der Waals surface area contributed by atoms with Crippen molar-refractivity contribution in [3.8, 4) is 0 Å². The van der Waals surface area contributed by atoms with Crippen molar-refractivity contribution in [1.29, 1.82) is 0 Å². The first-order valence-corrected chi connectivity index (χ1v) is 15.2. The van der Waals surface area contributed by atoms with Gasteiger partial charge in [-0.25, -0.2) is 0 Å². The van der Waals surface area contributed by atoms with Crippen molar-refractivity contribution in [3.05, 3.63) is 91.0 Å². The average Bonchev–Trinajstić information content (AvgIpc) is 3.45. The first kappa shape index (κ1) is 21.4. The molecule has 5 rings (SSSR count). The number of ether oxygens (including phenoxy) is 1. The molecule has 3 aromatic rings. The van der Waals surface area contributed by atoms with Gasteiger partial charge in [0.25, 0.3) is 0 Å². The molecule has 0 spiro atoms. The van der Waals surface area contributed by atoms with E-state index in [-0.39, 0.29) is 17.5 Å². The third-order valence-electron chi connectivity index (χ3n) is 6.86. The quantitative estimate of drug-likeness (QED) is 0.388. The Morgan fingerprint density at radius 2 is 1.22 bits per heavy atom. The molecule has 2 aliphatic rings. The Bertz CT molecular complexity index is 1040. The number of amides is 1. The second-order valence-corrected chi connectivity index (χ2v) is 17.1. The molecule has 6 heteroatoms. The third kappa shape index (κ3) is 2.98. The molecule has 32 heavy (non-hydrogen) atoms. The summed E-state index contributed by atoms with van der Waals surface area (Å²) in [5, 5.41) is -0.0773. The fourth-order valence-electron chi connectivity index (χ4n) is 5.36. The van der Waals surface area contributed by atoms with Crippen molar-refractivity contribution in [2.75, 3.05) is 13.2 Å². The Kier molecular flexibility index (Phi) is 5.43. The topological polar surface area (TPSA) is 46.6 Å². The minimum atomic E-state index is -3.42. The number of carbonyl (C=O) groups is 2. The fraction of sp³-hybridized carbons (Fsp3) is 0.231. The summed E-state index contributed by atoms with van der Waals surface area (Å²) in [4.78, 5) is 28.2. The van der Waals surface area contributed by atoms with Gasteiger partial charge in [0.05, 0.1) is 0 Å². The van der Waals surface area contributed by atoms with E-state index in [2.05, 4.69) is 51.9 Å². The summed E-state index contributed by atoms with van der Waals surface area (Å²) in [5.41, 5.74) is -0.318. The van der Waals surface area contributed by atoms with Crippen molar-refractivity contribution in [1.82, 2.24) is 4.90 Å². The van der Waals surface area contributed by atoms with Crippen LogP contribution in [0.15, 0.2) is 91.0 Å². The Balaban J connectivity index is 1.78. The summed E-state index contributed by atoms with van der Waals surface area (Å²) in [7, 11) is 0. The maximum absolute atomic E-state index is 14.1. The maximum atomic E-state index is 14.1. The Morgan fingerprint density at radius 3 is 1.62 bits per heavy atom. The fourth-order valence-corrected chi connectivity index (χ4v) is 14.0. The summed E-state index contributed by atoms with van der Waals surface area (Å²) in [6, 6.07) is 30.5. The van der Waals surface area contributed by atoms with Gasteiger partial charge >= 0.3 is 197 Å². The number of benzene rings is 3. The molecule has 4 nitrogen and oxygen atoms in total. The molecule has 2 unspecified atom stereocenters. The number of hydrogen-bond acceptors (Lipinski definition) is 3. The molecule has 2 atom stereocenters. The zero-order valence-electron chi connectivity index (χ0n) is 17.6. The van der Waals surface area contributed by atoms with Crippen molar-refractivity contribution in [2.45, 2.75) is 24.5 Å². The standard InChI is InChI=1S/C26H25BrNO3P/c27-32(20-10-4-1-5-11-20,21-12-6-2-7-13-21,22-14-8-3-9-15-22)24-16-18-28(25(24)29)23-17-19-31-26(23)30/h1-15,23-24H,16-19H2. The molecule has 3 aromatic carbocycles. The van der Waals surface area contributed by atoms with E-state index >= 15 is 0 Å². The van der Waals surface area contributed by atoms with Crippen molar-refractivity contribution in [3.63, 3.8) is 0 Å². The van der Waals surface area contributed by atoms with Crippen molar-refractivity contribution >= 4 is 48.6 Å². The van der Waals surface area contributed by atoms with Crippen LogP contribution in [0.25, 0.3) is 0 Å². The van der Waals surface area contributed by atoms with Crippen LogP contribution in [0.5, 0.6) is 0 Å². The van der Waals surface area contributed by atoms with Crippen LogP contribution in [0.2, 0.25) is 0 Å². The Hall–Kier alpha value is -2.49. The molecule has 0 radical (unpaired) electrons. The average molecular weight is 510 g/mol. The molecule has 2 heterocycles. The molecule has 0 aromatic heterocycles. The van der Waals surface area contributed by atoms with Crippen LogP contribution in [0, 0.1) is 0 Å². The van der Waals surface area contributed by atoms with Crippen LogP contribution >= 0.6 is 20.8 Å². The first-order chi connectivity index (χ1) is 15.6. The van der Waals surface area contributed by atoms with Crippen LogP contribution in [0.3, 0.4) is 0 Å². The van der Waals surface area contributed by atoms with Gasteiger partial charge in [0.2, 0.25) is 0 Å². The molecule has 0 saturated carbocycles. The van der Waals surface area contributed by atoms with E-state index in [1.807, 2.05) is 54.6 Å².